The molecule has 0 aliphatic carbocycles. The van der Waals surface area contributed by atoms with Crippen LogP contribution in [0.15, 0.2) is 47.7 Å². The molecule has 0 atom stereocenters. The number of amides is 1. The first kappa shape index (κ1) is 15.3. The highest BCUT2D eigenvalue weighted by atomic mass is 16.6. The average Bonchev–Trinajstić information content (AvgIpc) is 2.53. The number of nitrogens with one attached hydrogen (secondary N) is 1. The Morgan fingerprint density at radius 3 is 2.73 bits per heavy atom. The normalized spacial score (nSPS) is 11.1. The molecular weight excluding hydrogens is 284 g/mol. The summed E-state index contributed by atoms with van der Waals surface area (Å²) in [6.07, 6.45) is 1.62. The lowest BCUT2D eigenvalue weighted by atomic mass is 10.1. The Hall–Kier alpha value is -3.09. The monoisotopic (exact) mass is 298 g/mol. The average molecular weight is 298 g/mol. The number of nitro groups is 1. The quantitative estimate of drug-likeness (QED) is 0.532. The molecule has 2 aromatic rings. The lowest BCUT2D eigenvalue weighted by Gasteiger charge is -2.03. The van der Waals surface area contributed by atoms with Gasteiger partial charge < -0.3 is 0 Å². The van der Waals surface area contributed by atoms with E-state index < -0.39 is 10.8 Å². The van der Waals surface area contributed by atoms with Crippen LogP contribution in [-0.4, -0.2) is 21.5 Å². The first-order valence-electron chi connectivity index (χ1n) is 6.50. The second kappa shape index (κ2) is 6.57. The third-order valence-electron chi connectivity index (χ3n) is 3.03. The number of carbonyl (C=O) groups excluding carboxylic acids is 1. The van der Waals surface area contributed by atoms with E-state index in [1.165, 1.54) is 18.2 Å². The fourth-order valence-electron chi connectivity index (χ4n) is 1.78. The largest absolute Gasteiger partial charge is 0.273 e. The molecule has 112 valence electrons. The van der Waals surface area contributed by atoms with Crippen molar-refractivity contribution in [1.29, 1.82) is 0 Å². The Morgan fingerprint density at radius 1 is 1.32 bits per heavy atom. The summed E-state index contributed by atoms with van der Waals surface area (Å²) in [6.45, 7) is 3.32. The van der Waals surface area contributed by atoms with Gasteiger partial charge in [-0.2, -0.15) is 5.10 Å². The molecule has 0 radical (unpaired) electrons. The van der Waals surface area contributed by atoms with Crippen molar-refractivity contribution < 1.29 is 9.72 Å². The molecule has 22 heavy (non-hydrogen) atoms. The van der Waals surface area contributed by atoms with Crippen LogP contribution in [0.4, 0.5) is 5.69 Å². The van der Waals surface area contributed by atoms with Gasteiger partial charge in [0.1, 0.15) is 0 Å². The molecule has 0 aliphatic heterocycles. The van der Waals surface area contributed by atoms with Crippen molar-refractivity contribution in [2.45, 2.75) is 13.8 Å². The first-order chi connectivity index (χ1) is 10.5. The van der Waals surface area contributed by atoms with Gasteiger partial charge >= 0.3 is 0 Å². The maximum atomic E-state index is 12.0. The number of carbonyl (C=O) groups is 1. The number of benzene rings is 1. The van der Waals surface area contributed by atoms with Crippen molar-refractivity contribution in [3.05, 3.63) is 69.5 Å². The Labute approximate surface area is 126 Å². The molecule has 2 rings (SSSR count). The van der Waals surface area contributed by atoms with Crippen molar-refractivity contribution in [3.63, 3.8) is 0 Å². The SMILES string of the molecule is CC(=NNC(=O)c1ccc(C)c([N+](=O)[O-])c1)c1ccccn1. The van der Waals surface area contributed by atoms with Gasteiger partial charge in [-0.15, -0.1) is 0 Å². The maximum Gasteiger partial charge on any atom is 0.273 e. The van der Waals surface area contributed by atoms with Gasteiger partial charge in [0.15, 0.2) is 0 Å². The number of hydrogen-bond acceptors (Lipinski definition) is 5. The predicted octanol–water partition coefficient (Wildman–Crippen LogP) is 2.45. The van der Waals surface area contributed by atoms with Crippen molar-refractivity contribution in [2.24, 2.45) is 5.10 Å². The molecule has 1 heterocycles. The number of hydrogen-bond donors (Lipinski definition) is 1. The number of aryl methyl sites for hydroxylation is 1. The maximum absolute atomic E-state index is 12.0. The van der Waals surface area contributed by atoms with Crippen LogP contribution in [-0.2, 0) is 0 Å². The van der Waals surface area contributed by atoms with Crippen LogP contribution in [0.1, 0.15) is 28.5 Å². The van der Waals surface area contributed by atoms with E-state index >= 15 is 0 Å². The zero-order valence-electron chi connectivity index (χ0n) is 12.1. The predicted molar refractivity (Wildman–Crippen MR) is 81.7 cm³/mol. The first-order valence-corrected chi connectivity index (χ1v) is 6.50. The standard InChI is InChI=1S/C15H14N4O3/c1-10-6-7-12(9-14(10)19(21)22)15(20)18-17-11(2)13-5-3-4-8-16-13/h3-9H,1-2H3,(H,18,20). The Morgan fingerprint density at radius 2 is 2.09 bits per heavy atom. The summed E-state index contributed by atoms with van der Waals surface area (Å²) in [5.41, 5.74) is 4.12. The van der Waals surface area contributed by atoms with Crippen molar-refractivity contribution in [1.82, 2.24) is 10.4 Å². The minimum atomic E-state index is -0.519. The van der Waals surface area contributed by atoms with E-state index in [9.17, 15) is 14.9 Å². The van der Waals surface area contributed by atoms with Gasteiger partial charge in [0.25, 0.3) is 11.6 Å². The van der Waals surface area contributed by atoms with Crippen molar-refractivity contribution in [3.8, 4) is 0 Å². The molecule has 0 saturated carbocycles. The molecule has 1 aromatic heterocycles. The van der Waals surface area contributed by atoms with Crippen LogP contribution in [0.3, 0.4) is 0 Å². The summed E-state index contributed by atoms with van der Waals surface area (Å²) < 4.78 is 0. The number of hydrazone groups is 1. The van der Waals surface area contributed by atoms with Crippen LogP contribution in [0, 0.1) is 17.0 Å². The number of nitro benzene ring substituents is 1. The van der Waals surface area contributed by atoms with E-state index in [4.69, 9.17) is 0 Å². The van der Waals surface area contributed by atoms with E-state index in [1.54, 1.807) is 32.2 Å². The summed E-state index contributed by atoms with van der Waals surface area (Å²) in [5.74, 6) is -0.515. The second-order valence-corrected chi connectivity index (χ2v) is 4.61. The molecule has 1 aromatic carbocycles. The summed E-state index contributed by atoms with van der Waals surface area (Å²) in [4.78, 5) is 26.5. The topological polar surface area (TPSA) is 97.5 Å². The number of pyridine rings is 1. The van der Waals surface area contributed by atoms with Gasteiger partial charge in [0.2, 0.25) is 0 Å². The fraction of sp³-hybridized carbons (Fsp3) is 0.133. The zero-order chi connectivity index (χ0) is 16.1. The van der Waals surface area contributed by atoms with Crippen molar-refractivity contribution >= 4 is 17.3 Å². The number of nitrogens with zero attached hydrogens (tertiary/aromatic N) is 3. The summed E-state index contributed by atoms with van der Waals surface area (Å²) in [6, 6.07) is 9.64. The van der Waals surface area contributed by atoms with E-state index in [1.807, 2.05) is 6.07 Å². The lowest BCUT2D eigenvalue weighted by Crippen LogP contribution is -2.19. The summed E-state index contributed by atoms with van der Waals surface area (Å²) in [7, 11) is 0. The Kier molecular flexibility index (Phi) is 4.57. The molecule has 7 nitrogen and oxygen atoms in total. The van der Waals surface area contributed by atoms with E-state index in [-0.39, 0.29) is 11.3 Å². The molecule has 0 aliphatic rings. The zero-order valence-corrected chi connectivity index (χ0v) is 12.1. The molecular formula is C15H14N4O3. The van der Waals surface area contributed by atoms with Gasteiger partial charge in [-0.25, -0.2) is 5.43 Å². The third-order valence-corrected chi connectivity index (χ3v) is 3.03. The number of rotatable bonds is 4. The molecule has 0 bridgehead atoms. The Balaban J connectivity index is 2.16. The molecule has 0 unspecified atom stereocenters. The smallest absolute Gasteiger partial charge is 0.267 e. The molecule has 1 amide bonds. The van der Waals surface area contributed by atoms with Crippen LogP contribution >= 0.6 is 0 Å². The minimum Gasteiger partial charge on any atom is -0.267 e. The van der Waals surface area contributed by atoms with Gasteiger partial charge in [0.05, 0.1) is 16.3 Å². The number of aromatic nitrogens is 1. The van der Waals surface area contributed by atoms with Gasteiger partial charge in [-0.1, -0.05) is 12.1 Å². The molecule has 0 fully saturated rings. The van der Waals surface area contributed by atoms with Crippen LogP contribution < -0.4 is 5.43 Å². The van der Waals surface area contributed by atoms with E-state index in [2.05, 4.69) is 15.5 Å². The van der Waals surface area contributed by atoms with Crippen LogP contribution in [0.5, 0.6) is 0 Å². The van der Waals surface area contributed by atoms with E-state index in [0.29, 0.717) is 17.0 Å². The van der Waals surface area contributed by atoms with Crippen molar-refractivity contribution in [2.75, 3.05) is 0 Å². The highest BCUT2D eigenvalue weighted by molar-refractivity contribution is 5.99. The van der Waals surface area contributed by atoms with Gasteiger partial charge in [0, 0.05) is 23.4 Å². The summed E-state index contributed by atoms with van der Waals surface area (Å²) in [5, 5.41) is 14.8. The van der Waals surface area contributed by atoms with Crippen LogP contribution in [0.25, 0.3) is 0 Å². The fourth-order valence-corrected chi connectivity index (χ4v) is 1.78. The Bertz CT molecular complexity index is 742. The molecule has 1 N–H and O–H groups in total. The van der Waals surface area contributed by atoms with Gasteiger partial charge in [-0.05, 0) is 32.0 Å². The third kappa shape index (κ3) is 3.51. The summed E-state index contributed by atoms with van der Waals surface area (Å²) >= 11 is 0. The minimum absolute atomic E-state index is 0.0990. The van der Waals surface area contributed by atoms with E-state index in [0.717, 1.165) is 0 Å². The highest BCUT2D eigenvalue weighted by Crippen LogP contribution is 2.19. The second-order valence-electron chi connectivity index (χ2n) is 4.61. The molecule has 0 saturated heterocycles. The molecule has 7 heteroatoms. The highest BCUT2D eigenvalue weighted by Gasteiger charge is 2.14. The van der Waals surface area contributed by atoms with Gasteiger partial charge in [-0.3, -0.25) is 19.9 Å². The molecule has 0 spiro atoms. The van der Waals surface area contributed by atoms with Crippen LogP contribution in [0.2, 0.25) is 0 Å². The lowest BCUT2D eigenvalue weighted by molar-refractivity contribution is -0.385.